The molecule has 1 heterocycles. The number of amides is 2. The van der Waals surface area contributed by atoms with Crippen molar-refractivity contribution in [2.45, 2.75) is 32.2 Å². The van der Waals surface area contributed by atoms with Crippen LogP contribution in [0.1, 0.15) is 24.0 Å². The molecule has 0 unspecified atom stereocenters. The van der Waals surface area contributed by atoms with Crippen molar-refractivity contribution in [1.82, 2.24) is 15.1 Å². The topological polar surface area (TPSA) is 52.7 Å². The Bertz CT molecular complexity index is 575. The Labute approximate surface area is 137 Å². The van der Waals surface area contributed by atoms with Gasteiger partial charge in [0.05, 0.1) is 13.0 Å². The first-order valence-electron chi connectivity index (χ1n) is 8.46. The summed E-state index contributed by atoms with van der Waals surface area (Å²) in [5.41, 5.74) is 2.26. The van der Waals surface area contributed by atoms with E-state index in [4.69, 9.17) is 0 Å². The number of piperazine rings is 1. The van der Waals surface area contributed by atoms with Gasteiger partial charge < -0.3 is 10.2 Å². The van der Waals surface area contributed by atoms with Crippen molar-refractivity contribution < 1.29 is 9.59 Å². The maximum atomic E-state index is 12.4. The van der Waals surface area contributed by atoms with Crippen molar-refractivity contribution in [1.29, 1.82) is 0 Å². The number of carbonyl (C=O) groups is 2. The molecule has 0 aromatic heterocycles. The number of hydrogen-bond acceptors (Lipinski definition) is 3. The van der Waals surface area contributed by atoms with Crippen molar-refractivity contribution in [3.8, 4) is 0 Å². The number of benzene rings is 1. The van der Waals surface area contributed by atoms with E-state index in [-0.39, 0.29) is 11.8 Å². The van der Waals surface area contributed by atoms with Crippen molar-refractivity contribution in [2.75, 3.05) is 32.7 Å². The van der Waals surface area contributed by atoms with Gasteiger partial charge in [0.2, 0.25) is 11.8 Å². The molecule has 2 amide bonds. The van der Waals surface area contributed by atoms with E-state index < -0.39 is 0 Å². The zero-order valence-electron chi connectivity index (χ0n) is 13.8. The minimum absolute atomic E-state index is 0.118. The van der Waals surface area contributed by atoms with Gasteiger partial charge in [0, 0.05) is 32.2 Å². The van der Waals surface area contributed by atoms with Crippen molar-refractivity contribution in [3.05, 3.63) is 35.4 Å². The van der Waals surface area contributed by atoms with Crippen LogP contribution in [0.25, 0.3) is 0 Å². The Balaban J connectivity index is 1.43. The quantitative estimate of drug-likeness (QED) is 0.880. The molecule has 3 rings (SSSR count). The first kappa shape index (κ1) is 16.0. The SMILES string of the molecule is Cc1ccccc1CC(=O)N1CCN(CC(=O)NC2CC2)CC1. The highest BCUT2D eigenvalue weighted by Gasteiger charge is 2.26. The van der Waals surface area contributed by atoms with E-state index in [1.807, 2.05) is 36.1 Å². The highest BCUT2D eigenvalue weighted by molar-refractivity contribution is 5.80. The van der Waals surface area contributed by atoms with Gasteiger partial charge in [-0.05, 0) is 30.9 Å². The summed E-state index contributed by atoms with van der Waals surface area (Å²) in [6.45, 7) is 5.47. The molecular weight excluding hydrogens is 290 g/mol. The number of hydrogen-bond donors (Lipinski definition) is 1. The lowest BCUT2D eigenvalue weighted by molar-refractivity contribution is -0.132. The average Bonchev–Trinajstić information content (AvgIpc) is 3.34. The van der Waals surface area contributed by atoms with Gasteiger partial charge in [-0.3, -0.25) is 14.5 Å². The van der Waals surface area contributed by atoms with Gasteiger partial charge in [-0.15, -0.1) is 0 Å². The summed E-state index contributed by atoms with van der Waals surface area (Å²) in [6, 6.07) is 8.45. The molecule has 5 nitrogen and oxygen atoms in total. The molecule has 1 aromatic carbocycles. The molecule has 0 bridgehead atoms. The number of nitrogens with one attached hydrogen (secondary N) is 1. The van der Waals surface area contributed by atoms with Crippen LogP contribution in [-0.2, 0) is 16.0 Å². The highest BCUT2D eigenvalue weighted by Crippen LogP contribution is 2.18. The monoisotopic (exact) mass is 315 g/mol. The van der Waals surface area contributed by atoms with Crippen LogP contribution in [0.3, 0.4) is 0 Å². The summed E-state index contributed by atoms with van der Waals surface area (Å²) in [4.78, 5) is 28.3. The highest BCUT2D eigenvalue weighted by atomic mass is 16.2. The third kappa shape index (κ3) is 4.55. The standard InChI is InChI=1S/C18H25N3O2/c1-14-4-2-3-5-15(14)12-18(23)21-10-8-20(9-11-21)13-17(22)19-16-6-7-16/h2-5,16H,6-13H2,1H3,(H,19,22). The van der Waals surface area contributed by atoms with Gasteiger partial charge in [0.1, 0.15) is 0 Å². The van der Waals surface area contributed by atoms with Gasteiger partial charge in [-0.2, -0.15) is 0 Å². The van der Waals surface area contributed by atoms with Gasteiger partial charge in [-0.25, -0.2) is 0 Å². The second-order valence-corrected chi connectivity index (χ2v) is 6.60. The Kier molecular flexibility index (Phi) is 4.96. The van der Waals surface area contributed by atoms with Crippen LogP contribution >= 0.6 is 0 Å². The van der Waals surface area contributed by atoms with E-state index in [9.17, 15) is 9.59 Å². The molecule has 5 heteroatoms. The molecule has 124 valence electrons. The summed E-state index contributed by atoms with van der Waals surface area (Å²) in [7, 11) is 0. The fourth-order valence-electron chi connectivity index (χ4n) is 2.94. The van der Waals surface area contributed by atoms with E-state index in [0.29, 0.717) is 32.1 Å². The van der Waals surface area contributed by atoms with E-state index in [1.165, 1.54) is 0 Å². The largest absolute Gasteiger partial charge is 0.352 e. The maximum Gasteiger partial charge on any atom is 0.234 e. The third-order valence-corrected chi connectivity index (χ3v) is 4.64. The van der Waals surface area contributed by atoms with Crippen LogP contribution in [0.2, 0.25) is 0 Å². The van der Waals surface area contributed by atoms with Gasteiger partial charge in [0.25, 0.3) is 0 Å². The van der Waals surface area contributed by atoms with Crippen LogP contribution in [0.15, 0.2) is 24.3 Å². The summed E-state index contributed by atoms with van der Waals surface area (Å²) in [5, 5.41) is 3.01. The normalized spacial score (nSPS) is 18.7. The van der Waals surface area contributed by atoms with Crippen LogP contribution < -0.4 is 5.32 Å². The van der Waals surface area contributed by atoms with Crippen molar-refractivity contribution >= 4 is 11.8 Å². The van der Waals surface area contributed by atoms with E-state index in [0.717, 1.165) is 37.1 Å². The predicted octanol–water partition coefficient (Wildman–Crippen LogP) is 0.960. The lowest BCUT2D eigenvalue weighted by Gasteiger charge is -2.34. The van der Waals surface area contributed by atoms with Crippen LogP contribution in [0.5, 0.6) is 0 Å². The average molecular weight is 315 g/mol. The van der Waals surface area contributed by atoms with Gasteiger partial charge in [-0.1, -0.05) is 24.3 Å². The molecule has 1 aromatic rings. The molecule has 1 aliphatic carbocycles. The van der Waals surface area contributed by atoms with E-state index in [2.05, 4.69) is 10.2 Å². The third-order valence-electron chi connectivity index (χ3n) is 4.64. The van der Waals surface area contributed by atoms with Crippen molar-refractivity contribution in [2.24, 2.45) is 0 Å². The second-order valence-electron chi connectivity index (χ2n) is 6.60. The Morgan fingerprint density at radius 2 is 1.83 bits per heavy atom. The fraction of sp³-hybridized carbons (Fsp3) is 0.556. The smallest absolute Gasteiger partial charge is 0.234 e. The van der Waals surface area contributed by atoms with E-state index in [1.54, 1.807) is 0 Å². The van der Waals surface area contributed by atoms with Gasteiger partial charge in [0.15, 0.2) is 0 Å². The molecule has 2 aliphatic rings. The summed E-state index contributed by atoms with van der Waals surface area (Å²) in [5.74, 6) is 0.300. The number of aryl methyl sites for hydroxylation is 1. The molecule has 1 N–H and O–H groups in total. The van der Waals surface area contributed by atoms with Crippen molar-refractivity contribution in [3.63, 3.8) is 0 Å². The zero-order valence-corrected chi connectivity index (χ0v) is 13.8. The minimum Gasteiger partial charge on any atom is -0.352 e. The van der Waals surface area contributed by atoms with Crippen LogP contribution in [0.4, 0.5) is 0 Å². The Hall–Kier alpha value is -1.88. The number of carbonyl (C=O) groups excluding carboxylic acids is 2. The molecule has 1 aliphatic heterocycles. The molecule has 2 fully saturated rings. The lowest BCUT2D eigenvalue weighted by Crippen LogP contribution is -2.51. The van der Waals surface area contributed by atoms with Crippen LogP contribution in [-0.4, -0.2) is 60.4 Å². The number of nitrogens with zero attached hydrogens (tertiary/aromatic N) is 2. The molecular formula is C18H25N3O2. The molecule has 0 atom stereocenters. The second kappa shape index (κ2) is 7.13. The molecule has 0 radical (unpaired) electrons. The Morgan fingerprint density at radius 1 is 1.13 bits per heavy atom. The predicted molar refractivity (Wildman–Crippen MR) is 89.1 cm³/mol. The zero-order chi connectivity index (χ0) is 16.2. The Morgan fingerprint density at radius 3 is 2.48 bits per heavy atom. The minimum atomic E-state index is 0.118. The number of rotatable bonds is 5. The summed E-state index contributed by atoms with van der Waals surface area (Å²) in [6.07, 6.45) is 2.70. The first-order valence-corrected chi connectivity index (χ1v) is 8.46. The summed E-state index contributed by atoms with van der Waals surface area (Å²) >= 11 is 0. The molecule has 1 saturated carbocycles. The van der Waals surface area contributed by atoms with Crippen LogP contribution in [0, 0.1) is 6.92 Å². The molecule has 0 spiro atoms. The molecule has 23 heavy (non-hydrogen) atoms. The lowest BCUT2D eigenvalue weighted by atomic mass is 10.1. The fourth-order valence-corrected chi connectivity index (χ4v) is 2.94. The van der Waals surface area contributed by atoms with E-state index >= 15 is 0 Å². The van der Waals surface area contributed by atoms with Gasteiger partial charge >= 0.3 is 0 Å². The summed E-state index contributed by atoms with van der Waals surface area (Å²) < 4.78 is 0. The first-order chi connectivity index (χ1) is 11.1. The maximum absolute atomic E-state index is 12.4. The molecule has 1 saturated heterocycles.